The zero-order valence-electron chi connectivity index (χ0n) is 11.3. The molecule has 0 fully saturated rings. The first-order valence-electron chi connectivity index (χ1n) is 6.15. The van der Waals surface area contributed by atoms with Crippen LogP contribution in [-0.4, -0.2) is 20.6 Å². The Morgan fingerprint density at radius 1 is 1.45 bits per heavy atom. The van der Waals surface area contributed by atoms with Gasteiger partial charge in [-0.3, -0.25) is 0 Å². The molecule has 20 heavy (non-hydrogen) atoms. The van der Waals surface area contributed by atoms with Crippen LogP contribution >= 0.6 is 0 Å². The average molecular weight is 274 g/mol. The lowest BCUT2D eigenvalue weighted by Gasteiger charge is -2.09. The molecule has 0 saturated carbocycles. The van der Waals surface area contributed by atoms with Crippen LogP contribution in [-0.2, 0) is 11.3 Å². The maximum atomic E-state index is 13.3. The summed E-state index contributed by atoms with van der Waals surface area (Å²) in [5, 5.41) is 8.68. The number of imidazole rings is 1. The Balaban J connectivity index is 2.36. The summed E-state index contributed by atoms with van der Waals surface area (Å²) >= 11 is 0. The molecule has 0 aliphatic carbocycles. The fourth-order valence-electron chi connectivity index (χ4n) is 1.91. The first-order valence-corrected chi connectivity index (χ1v) is 6.15. The summed E-state index contributed by atoms with van der Waals surface area (Å²) in [5.41, 5.74) is 3.36. The van der Waals surface area contributed by atoms with Crippen molar-refractivity contribution in [3.8, 4) is 0 Å². The van der Waals surface area contributed by atoms with Crippen molar-refractivity contribution in [1.29, 1.82) is 0 Å². The molecule has 0 radical (unpaired) electrons. The molecule has 1 aromatic heterocycles. The third kappa shape index (κ3) is 3.12. The first-order chi connectivity index (χ1) is 9.47. The normalized spacial score (nSPS) is 11.2. The van der Waals surface area contributed by atoms with Gasteiger partial charge in [-0.05, 0) is 43.2 Å². The van der Waals surface area contributed by atoms with Gasteiger partial charge in [-0.25, -0.2) is 14.2 Å². The zero-order valence-corrected chi connectivity index (χ0v) is 11.3. The minimum Gasteiger partial charge on any atom is -0.478 e. The fourth-order valence-corrected chi connectivity index (χ4v) is 1.91. The molecule has 104 valence electrons. The lowest BCUT2D eigenvalue weighted by molar-refractivity contribution is -0.131. The Bertz CT molecular complexity index is 675. The first kappa shape index (κ1) is 14.0. The molecule has 1 N–H and O–H groups in total. The van der Waals surface area contributed by atoms with Crippen LogP contribution in [0.1, 0.15) is 22.5 Å². The van der Waals surface area contributed by atoms with Gasteiger partial charge in [0.05, 0.1) is 12.0 Å². The average Bonchev–Trinajstić information content (AvgIpc) is 2.71. The van der Waals surface area contributed by atoms with Crippen molar-refractivity contribution in [2.24, 2.45) is 0 Å². The molecule has 4 nitrogen and oxygen atoms in total. The maximum Gasteiger partial charge on any atom is 0.328 e. The van der Waals surface area contributed by atoms with E-state index in [0.29, 0.717) is 12.1 Å². The second-order valence-corrected chi connectivity index (χ2v) is 4.56. The topological polar surface area (TPSA) is 55.1 Å². The summed E-state index contributed by atoms with van der Waals surface area (Å²) in [6.45, 7) is 4.40. The number of carbonyl (C=O) groups is 1. The molecule has 0 spiro atoms. The van der Waals surface area contributed by atoms with Crippen LogP contribution in [0.5, 0.6) is 0 Å². The highest BCUT2D eigenvalue weighted by molar-refractivity contribution is 5.85. The van der Waals surface area contributed by atoms with E-state index >= 15 is 0 Å². The van der Waals surface area contributed by atoms with E-state index in [1.807, 2.05) is 18.4 Å². The minimum absolute atomic E-state index is 0.391. The van der Waals surface area contributed by atoms with Gasteiger partial charge in [0.25, 0.3) is 0 Å². The molecule has 0 aliphatic heterocycles. The van der Waals surface area contributed by atoms with Gasteiger partial charge < -0.3 is 9.67 Å². The molecule has 2 rings (SSSR count). The number of aromatic nitrogens is 2. The van der Waals surface area contributed by atoms with Crippen LogP contribution in [0.15, 0.2) is 30.6 Å². The third-order valence-corrected chi connectivity index (χ3v) is 3.20. The minimum atomic E-state index is -1.06. The lowest BCUT2D eigenvalue weighted by atomic mass is 10.1. The van der Waals surface area contributed by atoms with Crippen molar-refractivity contribution in [1.82, 2.24) is 9.55 Å². The van der Waals surface area contributed by atoms with Gasteiger partial charge in [0.2, 0.25) is 0 Å². The highest BCUT2D eigenvalue weighted by Gasteiger charge is 2.07. The van der Waals surface area contributed by atoms with Crippen molar-refractivity contribution in [3.05, 3.63) is 58.9 Å². The number of halogens is 1. The van der Waals surface area contributed by atoms with Crippen LogP contribution in [0, 0.1) is 19.7 Å². The van der Waals surface area contributed by atoms with E-state index in [4.69, 9.17) is 5.11 Å². The van der Waals surface area contributed by atoms with Crippen LogP contribution in [0.4, 0.5) is 4.39 Å². The number of carboxylic acid groups (broad SMARTS) is 1. The van der Waals surface area contributed by atoms with Crippen molar-refractivity contribution >= 4 is 12.0 Å². The van der Waals surface area contributed by atoms with E-state index in [1.54, 1.807) is 12.4 Å². The molecular weight excluding hydrogens is 259 g/mol. The maximum absolute atomic E-state index is 13.3. The highest BCUT2D eigenvalue weighted by Crippen LogP contribution is 2.16. The Morgan fingerprint density at radius 3 is 2.80 bits per heavy atom. The second-order valence-electron chi connectivity index (χ2n) is 4.56. The van der Waals surface area contributed by atoms with E-state index in [0.717, 1.165) is 23.0 Å². The number of carboxylic acids is 1. The van der Waals surface area contributed by atoms with Crippen LogP contribution in [0.25, 0.3) is 6.08 Å². The van der Waals surface area contributed by atoms with Crippen molar-refractivity contribution in [2.45, 2.75) is 20.4 Å². The summed E-state index contributed by atoms with van der Waals surface area (Å²) < 4.78 is 15.2. The number of hydrogen-bond donors (Lipinski definition) is 1. The SMILES string of the molecule is Cc1ncn(Cc2ccc(F)cc2C=CC(=O)O)c1C. The lowest BCUT2D eigenvalue weighted by Crippen LogP contribution is -2.03. The predicted molar refractivity (Wildman–Crippen MR) is 73.9 cm³/mol. The summed E-state index contributed by atoms with van der Waals surface area (Å²) in [5.74, 6) is -1.45. The van der Waals surface area contributed by atoms with Gasteiger partial charge in [0, 0.05) is 18.3 Å². The summed E-state index contributed by atoms with van der Waals surface area (Å²) in [4.78, 5) is 14.8. The predicted octanol–water partition coefficient (Wildman–Crippen LogP) is 2.79. The van der Waals surface area contributed by atoms with Crippen molar-refractivity contribution in [3.63, 3.8) is 0 Å². The molecule has 1 heterocycles. The molecule has 0 amide bonds. The monoisotopic (exact) mass is 274 g/mol. The number of benzene rings is 1. The molecule has 0 unspecified atom stereocenters. The fraction of sp³-hybridized carbons (Fsp3) is 0.200. The molecule has 0 atom stereocenters. The summed E-state index contributed by atoms with van der Waals surface area (Å²) in [6, 6.07) is 4.35. The van der Waals surface area contributed by atoms with E-state index in [2.05, 4.69) is 4.98 Å². The Kier molecular flexibility index (Phi) is 3.98. The molecule has 2 aromatic rings. The van der Waals surface area contributed by atoms with Gasteiger partial charge in [0.15, 0.2) is 0 Å². The molecule has 0 aliphatic rings. The molecular formula is C15H15FN2O2. The molecule has 1 aromatic carbocycles. The van der Waals surface area contributed by atoms with Gasteiger partial charge in [-0.1, -0.05) is 6.07 Å². The van der Waals surface area contributed by atoms with Gasteiger partial charge in [0.1, 0.15) is 5.82 Å². The third-order valence-electron chi connectivity index (χ3n) is 3.20. The van der Waals surface area contributed by atoms with Crippen molar-refractivity contribution < 1.29 is 14.3 Å². The largest absolute Gasteiger partial charge is 0.478 e. The van der Waals surface area contributed by atoms with E-state index < -0.39 is 11.8 Å². The Morgan fingerprint density at radius 2 is 2.20 bits per heavy atom. The van der Waals surface area contributed by atoms with E-state index in [9.17, 15) is 9.18 Å². The van der Waals surface area contributed by atoms with E-state index in [-0.39, 0.29) is 0 Å². The number of aliphatic carboxylic acids is 1. The standard InChI is InChI=1S/C15H15FN2O2/c1-10-11(2)18(9-17-10)8-13-3-5-14(16)7-12(13)4-6-15(19)20/h3-7,9H,8H2,1-2H3,(H,19,20). The van der Waals surface area contributed by atoms with Gasteiger partial charge in [-0.2, -0.15) is 0 Å². The van der Waals surface area contributed by atoms with Crippen molar-refractivity contribution in [2.75, 3.05) is 0 Å². The number of nitrogens with zero attached hydrogens (tertiary/aromatic N) is 2. The van der Waals surface area contributed by atoms with Crippen LogP contribution in [0.2, 0.25) is 0 Å². The highest BCUT2D eigenvalue weighted by atomic mass is 19.1. The number of hydrogen-bond acceptors (Lipinski definition) is 2. The van der Waals surface area contributed by atoms with E-state index in [1.165, 1.54) is 18.2 Å². The zero-order chi connectivity index (χ0) is 14.7. The molecule has 0 saturated heterocycles. The van der Waals surface area contributed by atoms with Gasteiger partial charge >= 0.3 is 5.97 Å². The second kappa shape index (κ2) is 5.69. The Labute approximate surface area is 116 Å². The number of aryl methyl sites for hydroxylation is 1. The van der Waals surface area contributed by atoms with Gasteiger partial charge in [-0.15, -0.1) is 0 Å². The number of rotatable bonds is 4. The Hall–Kier alpha value is -2.43. The van der Waals surface area contributed by atoms with Crippen LogP contribution < -0.4 is 0 Å². The summed E-state index contributed by atoms with van der Waals surface area (Å²) in [6.07, 6.45) is 4.13. The molecule has 5 heteroatoms. The molecule has 0 bridgehead atoms. The summed E-state index contributed by atoms with van der Waals surface area (Å²) in [7, 11) is 0. The smallest absolute Gasteiger partial charge is 0.328 e. The quantitative estimate of drug-likeness (QED) is 0.872. The van der Waals surface area contributed by atoms with Crippen LogP contribution in [0.3, 0.4) is 0 Å².